The van der Waals surface area contributed by atoms with Gasteiger partial charge in [-0.15, -0.1) is 0 Å². The molecule has 6 N–H and O–H groups in total. The summed E-state index contributed by atoms with van der Waals surface area (Å²) in [5, 5.41) is 16.8. The number of nitrogens with two attached hydrogens (primary N) is 2. The number of aliphatic hydroxyl groups excluding tert-OH is 1. The average molecular weight is 162 g/mol. The highest BCUT2D eigenvalue weighted by Crippen LogP contribution is 2.00. The van der Waals surface area contributed by atoms with E-state index in [0.29, 0.717) is 12.8 Å². The molecule has 0 unspecified atom stereocenters. The van der Waals surface area contributed by atoms with Crippen LogP contribution in [0.1, 0.15) is 19.3 Å². The molecule has 0 aliphatic heterocycles. The number of rotatable bonds is 5. The van der Waals surface area contributed by atoms with Gasteiger partial charge < -0.3 is 21.7 Å². The minimum Gasteiger partial charge on any atom is -0.368 e. The first-order chi connectivity index (χ1) is 5.04. The van der Waals surface area contributed by atoms with Crippen molar-refractivity contribution in [1.82, 2.24) is 0 Å². The molecule has 0 bridgehead atoms. The van der Waals surface area contributed by atoms with Crippen LogP contribution in [0.4, 0.5) is 0 Å². The van der Waals surface area contributed by atoms with Gasteiger partial charge in [-0.1, -0.05) is 0 Å². The molecular formula is C6H14N2O3. The molecule has 0 rings (SSSR count). The molecule has 5 nitrogen and oxygen atoms in total. The summed E-state index contributed by atoms with van der Waals surface area (Å²) in [5.41, 5.74) is 10.1. The van der Waals surface area contributed by atoms with E-state index < -0.39 is 18.2 Å². The Morgan fingerprint density at radius 1 is 1.36 bits per heavy atom. The molecule has 11 heavy (non-hydrogen) atoms. The van der Waals surface area contributed by atoms with Gasteiger partial charge in [0.2, 0.25) is 5.91 Å². The van der Waals surface area contributed by atoms with Gasteiger partial charge in [0.1, 0.15) is 0 Å². The number of primary amides is 1. The lowest BCUT2D eigenvalue weighted by Gasteiger charge is -2.06. The number of carbonyl (C=O) groups excluding carboxylic acids is 1. The minimum atomic E-state index is -1.32. The molecule has 0 spiro atoms. The van der Waals surface area contributed by atoms with Crippen molar-refractivity contribution in [3.8, 4) is 0 Å². The van der Waals surface area contributed by atoms with E-state index in [9.17, 15) is 4.79 Å². The SMILES string of the molecule is NC(=O)[C@H](N)CCCC(O)O. The highest BCUT2D eigenvalue weighted by molar-refractivity contribution is 5.79. The van der Waals surface area contributed by atoms with E-state index in [0.717, 1.165) is 0 Å². The van der Waals surface area contributed by atoms with Crippen molar-refractivity contribution in [2.24, 2.45) is 11.5 Å². The fraction of sp³-hybridized carbons (Fsp3) is 0.833. The van der Waals surface area contributed by atoms with Crippen LogP contribution in [-0.4, -0.2) is 28.5 Å². The van der Waals surface area contributed by atoms with Crippen LogP contribution in [0.25, 0.3) is 0 Å². The largest absolute Gasteiger partial charge is 0.368 e. The summed E-state index contributed by atoms with van der Waals surface area (Å²) >= 11 is 0. The highest BCUT2D eigenvalue weighted by atomic mass is 16.5. The van der Waals surface area contributed by atoms with Gasteiger partial charge in [0.05, 0.1) is 6.04 Å². The maximum absolute atomic E-state index is 10.3. The zero-order valence-electron chi connectivity index (χ0n) is 6.23. The standard InChI is InChI=1S/C6H14N2O3/c7-4(6(8)11)2-1-3-5(9)10/h4-5,9-10H,1-3,7H2,(H2,8,11)/t4-/m1/s1. The number of hydrogen-bond acceptors (Lipinski definition) is 4. The molecule has 1 atom stereocenters. The normalized spacial score (nSPS) is 13.5. The first-order valence-electron chi connectivity index (χ1n) is 3.45. The maximum Gasteiger partial charge on any atom is 0.234 e. The molecule has 0 aromatic heterocycles. The predicted octanol–water partition coefficient (Wildman–Crippen LogP) is -1.72. The van der Waals surface area contributed by atoms with Gasteiger partial charge in [-0.3, -0.25) is 4.79 Å². The van der Waals surface area contributed by atoms with Crippen molar-refractivity contribution >= 4 is 5.91 Å². The van der Waals surface area contributed by atoms with E-state index in [1.807, 2.05) is 0 Å². The average Bonchev–Trinajstić information content (AvgIpc) is 1.86. The maximum atomic E-state index is 10.3. The Balaban J connectivity index is 3.31. The van der Waals surface area contributed by atoms with E-state index in [2.05, 4.69) is 0 Å². The Bertz CT molecular complexity index is 127. The van der Waals surface area contributed by atoms with Crippen LogP contribution < -0.4 is 11.5 Å². The molecule has 0 aromatic carbocycles. The Hall–Kier alpha value is -0.650. The highest BCUT2D eigenvalue weighted by Gasteiger charge is 2.08. The van der Waals surface area contributed by atoms with Crippen molar-refractivity contribution in [2.75, 3.05) is 0 Å². The van der Waals surface area contributed by atoms with Gasteiger partial charge >= 0.3 is 0 Å². The lowest BCUT2D eigenvalue weighted by atomic mass is 10.1. The lowest BCUT2D eigenvalue weighted by molar-refractivity contribution is -0.119. The number of carbonyl (C=O) groups is 1. The molecule has 0 fully saturated rings. The molecule has 0 radical (unpaired) electrons. The van der Waals surface area contributed by atoms with Crippen LogP contribution >= 0.6 is 0 Å². The molecule has 0 heterocycles. The number of amides is 1. The molecule has 0 aliphatic rings. The van der Waals surface area contributed by atoms with Crippen LogP contribution in [-0.2, 0) is 4.79 Å². The first-order valence-corrected chi connectivity index (χ1v) is 3.45. The van der Waals surface area contributed by atoms with Gasteiger partial charge in [0, 0.05) is 0 Å². The summed E-state index contributed by atoms with van der Waals surface area (Å²) in [6, 6.07) is -0.672. The summed E-state index contributed by atoms with van der Waals surface area (Å²) in [6.07, 6.45) is -0.217. The molecule has 0 aromatic rings. The molecular weight excluding hydrogens is 148 g/mol. The van der Waals surface area contributed by atoms with Gasteiger partial charge in [-0.25, -0.2) is 0 Å². The second-order valence-corrected chi connectivity index (χ2v) is 2.42. The zero-order chi connectivity index (χ0) is 8.85. The van der Waals surface area contributed by atoms with E-state index in [4.69, 9.17) is 21.7 Å². The second-order valence-electron chi connectivity index (χ2n) is 2.42. The van der Waals surface area contributed by atoms with Crippen LogP contribution in [0, 0.1) is 0 Å². The Kier molecular flexibility index (Phi) is 4.76. The summed E-state index contributed by atoms with van der Waals surface area (Å²) in [5.74, 6) is -0.558. The van der Waals surface area contributed by atoms with E-state index in [-0.39, 0.29) is 6.42 Å². The number of aliphatic hydroxyl groups is 2. The van der Waals surface area contributed by atoms with E-state index in [1.165, 1.54) is 0 Å². The van der Waals surface area contributed by atoms with Gasteiger partial charge in [0.25, 0.3) is 0 Å². The summed E-state index contributed by atoms with van der Waals surface area (Å²) < 4.78 is 0. The summed E-state index contributed by atoms with van der Waals surface area (Å²) in [4.78, 5) is 10.3. The fourth-order valence-corrected chi connectivity index (χ4v) is 0.663. The number of hydrogen-bond donors (Lipinski definition) is 4. The summed E-state index contributed by atoms with van der Waals surface area (Å²) in [6.45, 7) is 0. The van der Waals surface area contributed by atoms with Crippen LogP contribution in [0.15, 0.2) is 0 Å². The topological polar surface area (TPSA) is 110 Å². The van der Waals surface area contributed by atoms with Gasteiger partial charge in [0.15, 0.2) is 6.29 Å². The molecule has 0 saturated carbocycles. The lowest BCUT2D eigenvalue weighted by Crippen LogP contribution is -2.36. The third kappa shape index (κ3) is 5.78. The third-order valence-electron chi connectivity index (χ3n) is 1.34. The molecule has 66 valence electrons. The molecule has 5 heteroatoms. The Morgan fingerprint density at radius 3 is 2.27 bits per heavy atom. The van der Waals surface area contributed by atoms with Crippen molar-refractivity contribution in [1.29, 1.82) is 0 Å². The van der Waals surface area contributed by atoms with Crippen LogP contribution in [0.2, 0.25) is 0 Å². The fourth-order valence-electron chi connectivity index (χ4n) is 0.663. The van der Waals surface area contributed by atoms with Crippen molar-refractivity contribution in [2.45, 2.75) is 31.6 Å². The first kappa shape index (κ1) is 10.3. The zero-order valence-corrected chi connectivity index (χ0v) is 6.23. The quantitative estimate of drug-likeness (QED) is 0.360. The van der Waals surface area contributed by atoms with E-state index in [1.54, 1.807) is 0 Å². The molecule has 0 saturated heterocycles. The predicted molar refractivity (Wildman–Crippen MR) is 39.2 cm³/mol. The monoisotopic (exact) mass is 162 g/mol. The second kappa shape index (κ2) is 5.06. The Labute approximate surface area is 65.0 Å². The minimum absolute atomic E-state index is 0.223. The molecule has 1 amide bonds. The van der Waals surface area contributed by atoms with E-state index >= 15 is 0 Å². The van der Waals surface area contributed by atoms with Crippen molar-refractivity contribution in [3.63, 3.8) is 0 Å². The van der Waals surface area contributed by atoms with Crippen LogP contribution in [0.3, 0.4) is 0 Å². The Morgan fingerprint density at radius 2 is 1.91 bits per heavy atom. The smallest absolute Gasteiger partial charge is 0.234 e. The van der Waals surface area contributed by atoms with Crippen molar-refractivity contribution < 1.29 is 15.0 Å². The van der Waals surface area contributed by atoms with Crippen LogP contribution in [0.5, 0.6) is 0 Å². The third-order valence-corrected chi connectivity index (χ3v) is 1.34. The van der Waals surface area contributed by atoms with Gasteiger partial charge in [-0.05, 0) is 19.3 Å². The van der Waals surface area contributed by atoms with Crippen molar-refractivity contribution in [3.05, 3.63) is 0 Å². The van der Waals surface area contributed by atoms with Gasteiger partial charge in [-0.2, -0.15) is 0 Å². The molecule has 0 aliphatic carbocycles. The summed E-state index contributed by atoms with van der Waals surface area (Å²) in [7, 11) is 0.